The number of halogens is 2. The number of aromatic nitrogens is 1. The highest BCUT2D eigenvalue weighted by Gasteiger charge is 2.49. The number of anilines is 2. The lowest BCUT2D eigenvalue weighted by Crippen LogP contribution is -2.57. The van der Waals surface area contributed by atoms with Gasteiger partial charge in [0.1, 0.15) is 18.2 Å². The highest BCUT2D eigenvalue weighted by atomic mass is 35.5. The number of benzene rings is 1. The van der Waals surface area contributed by atoms with Crippen LogP contribution in [0.25, 0.3) is 0 Å². The van der Waals surface area contributed by atoms with Crippen LogP contribution in [0.1, 0.15) is 50.2 Å². The van der Waals surface area contributed by atoms with Crippen molar-refractivity contribution in [1.82, 2.24) is 9.88 Å². The molecule has 1 saturated carbocycles. The van der Waals surface area contributed by atoms with E-state index in [1.54, 1.807) is 24.1 Å². The van der Waals surface area contributed by atoms with Crippen LogP contribution in [-0.2, 0) is 21.4 Å². The molecule has 4 heterocycles. The average molecular weight is 545 g/mol. The first-order chi connectivity index (χ1) is 17.6. The zero-order valence-corrected chi connectivity index (χ0v) is 22.2. The molecule has 2 N–H and O–H groups in total. The van der Waals surface area contributed by atoms with E-state index in [0.717, 1.165) is 30.8 Å². The number of aliphatic hydroxyl groups is 1. The van der Waals surface area contributed by atoms with Crippen molar-refractivity contribution < 1.29 is 19.4 Å². The fourth-order valence-corrected chi connectivity index (χ4v) is 6.88. The van der Waals surface area contributed by atoms with Gasteiger partial charge in [-0.2, -0.15) is 0 Å². The summed E-state index contributed by atoms with van der Waals surface area (Å²) in [5, 5.41) is 14.1. The fourth-order valence-electron chi connectivity index (χ4n) is 6.34. The number of hydrogen-bond donors (Lipinski definition) is 2. The number of nitrogens with one attached hydrogen (secondary N) is 1. The van der Waals surface area contributed by atoms with Crippen LogP contribution in [0.2, 0.25) is 10.0 Å². The van der Waals surface area contributed by atoms with Crippen molar-refractivity contribution in [1.29, 1.82) is 0 Å². The van der Waals surface area contributed by atoms with E-state index in [0.29, 0.717) is 72.4 Å². The predicted octanol–water partition coefficient (Wildman–Crippen LogP) is 3.95. The van der Waals surface area contributed by atoms with E-state index in [1.165, 1.54) is 0 Å². The quantitative estimate of drug-likeness (QED) is 0.591. The summed E-state index contributed by atoms with van der Waals surface area (Å²) in [6.07, 6.45) is 5.30. The van der Waals surface area contributed by atoms with Crippen molar-refractivity contribution >= 4 is 46.5 Å². The number of aryl methyl sites for hydroxylation is 1. The Morgan fingerprint density at radius 3 is 2.65 bits per heavy atom. The molecule has 0 radical (unpaired) electrons. The lowest BCUT2D eigenvalue weighted by atomic mass is 9.73. The monoisotopic (exact) mass is 544 g/mol. The highest BCUT2D eigenvalue weighted by molar-refractivity contribution is 6.37. The molecule has 1 aliphatic carbocycles. The molecule has 4 aliphatic rings. The number of ether oxygens (including phenoxy) is 1. The summed E-state index contributed by atoms with van der Waals surface area (Å²) in [4.78, 5) is 34.2. The van der Waals surface area contributed by atoms with Crippen molar-refractivity contribution in [2.45, 2.75) is 62.5 Å². The van der Waals surface area contributed by atoms with E-state index >= 15 is 0 Å². The van der Waals surface area contributed by atoms with Gasteiger partial charge in [0.25, 0.3) is 0 Å². The second-order valence-corrected chi connectivity index (χ2v) is 11.9. The van der Waals surface area contributed by atoms with Gasteiger partial charge < -0.3 is 15.2 Å². The number of hydrogen-bond acceptors (Lipinski definition) is 6. The topological polar surface area (TPSA) is 95.0 Å². The minimum Gasteiger partial charge on any atom is -0.491 e. The van der Waals surface area contributed by atoms with Crippen LogP contribution in [0.3, 0.4) is 0 Å². The molecule has 2 fully saturated rings. The molecule has 10 heteroatoms. The maximum absolute atomic E-state index is 12.9. The Morgan fingerprint density at radius 2 is 1.92 bits per heavy atom. The maximum Gasteiger partial charge on any atom is 0.235 e. The van der Waals surface area contributed by atoms with Gasteiger partial charge in [-0.1, -0.05) is 23.2 Å². The van der Waals surface area contributed by atoms with Crippen LogP contribution in [-0.4, -0.2) is 64.7 Å². The van der Waals surface area contributed by atoms with Gasteiger partial charge in [-0.15, -0.1) is 0 Å². The minimum atomic E-state index is -0.704. The first-order valence-electron chi connectivity index (χ1n) is 12.8. The number of amides is 2. The summed E-state index contributed by atoms with van der Waals surface area (Å²) in [5.41, 5.74) is 1.32. The van der Waals surface area contributed by atoms with Crippen molar-refractivity contribution in [3.05, 3.63) is 45.6 Å². The van der Waals surface area contributed by atoms with Crippen LogP contribution >= 0.6 is 23.2 Å². The minimum absolute atomic E-state index is 0.000687. The molecule has 0 atom stereocenters. The zero-order valence-electron chi connectivity index (χ0n) is 20.7. The number of likely N-dealkylation sites (tertiary alicyclic amines) is 1. The second-order valence-electron chi connectivity index (χ2n) is 11.0. The van der Waals surface area contributed by atoms with E-state index < -0.39 is 11.0 Å². The Balaban J connectivity index is 1.05. The summed E-state index contributed by atoms with van der Waals surface area (Å²) in [7, 11) is 0. The molecule has 0 unspecified atom stereocenters. The van der Waals surface area contributed by atoms with Gasteiger partial charge in [-0.3, -0.25) is 19.4 Å². The third-order valence-electron chi connectivity index (χ3n) is 8.37. The van der Waals surface area contributed by atoms with Crippen LogP contribution in [0.5, 0.6) is 5.75 Å². The molecule has 0 bridgehead atoms. The fraction of sp³-hybridized carbons (Fsp3) is 0.519. The molecule has 196 valence electrons. The van der Waals surface area contributed by atoms with E-state index in [2.05, 4.69) is 15.2 Å². The summed E-state index contributed by atoms with van der Waals surface area (Å²) >= 11 is 12.6. The molecule has 1 saturated heterocycles. The second kappa shape index (κ2) is 9.12. The number of carbonyl (C=O) groups excluding carboxylic acids is 2. The summed E-state index contributed by atoms with van der Waals surface area (Å²) in [6.45, 7) is 4.58. The highest BCUT2D eigenvalue weighted by Crippen LogP contribution is 2.48. The van der Waals surface area contributed by atoms with Crippen molar-refractivity contribution in [2.24, 2.45) is 0 Å². The number of fused-ring (bicyclic) bond motifs is 3. The SMILES string of the molecule is CC1(O)CC(N2C(=O)CCc3cc(OCCN4CCC5(CC4)C(=O)Nc4c(Cl)cc(Cl)cc45)cnc32)C1. The zero-order chi connectivity index (χ0) is 25.9. The number of piperidine rings is 1. The molecule has 8 nitrogen and oxygen atoms in total. The van der Waals surface area contributed by atoms with Crippen LogP contribution in [0.15, 0.2) is 24.4 Å². The van der Waals surface area contributed by atoms with E-state index in [4.69, 9.17) is 27.9 Å². The number of pyridine rings is 1. The van der Waals surface area contributed by atoms with Gasteiger partial charge in [0.05, 0.1) is 27.9 Å². The summed E-state index contributed by atoms with van der Waals surface area (Å²) in [6, 6.07) is 5.52. The van der Waals surface area contributed by atoms with Gasteiger partial charge in [0.15, 0.2) is 0 Å². The lowest BCUT2D eigenvalue weighted by molar-refractivity contribution is -0.123. The lowest BCUT2D eigenvalue weighted by Gasteiger charge is -2.47. The summed E-state index contributed by atoms with van der Waals surface area (Å²) in [5.74, 6) is 1.46. The Bertz CT molecular complexity index is 1270. The van der Waals surface area contributed by atoms with Gasteiger partial charge in [-0.05, 0) is 81.4 Å². The van der Waals surface area contributed by atoms with Crippen molar-refractivity contribution in [3.63, 3.8) is 0 Å². The van der Waals surface area contributed by atoms with E-state index in [-0.39, 0.29) is 17.9 Å². The molecule has 6 rings (SSSR count). The molecule has 2 amide bonds. The van der Waals surface area contributed by atoms with Gasteiger partial charge >= 0.3 is 0 Å². The number of rotatable bonds is 5. The van der Waals surface area contributed by atoms with Crippen LogP contribution in [0, 0.1) is 0 Å². The Kier molecular flexibility index (Phi) is 6.14. The number of carbonyl (C=O) groups is 2. The molecule has 1 spiro atoms. The molecule has 1 aromatic heterocycles. The van der Waals surface area contributed by atoms with Crippen molar-refractivity contribution in [2.75, 3.05) is 36.5 Å². The Labute approximate surface area is 225 Å². The van der Waals surface area contributed by atoms with E-state index in [1.807, 2.05) is 12.1 Å². The normalized spacial score (nSPS) is 26.5. The molecule has 37 heavy (non-hydrogen) atoms. The first-order valence-corrected chi connectivity index (χ1v) is 13.6. The smallest absolute Gasteiger partial charge is 0.235 e. The average Bonchev–Trinajstić information content (AvgIpc) is 3.10. The van der Waals surface area contributed by atoms with Crippen molar-refractivity contribution in [3.8, 4) is 5.75 Å². The van der Waals surface area contributed by atoms with Gasteiger partial charge in [0.2, 0.25) is 11.8 Å². The molecule has 3 aliphatic heterocycles. The third-order valence-corrected chi connectivity index (χ3v) is 8.88. The Hall–Kier alpha value is -2.39. The molecular formula is C27H30Cl2N4O4. The largest absolute Gasteiger partial charge is 0.491 e. The van der Waals surface area contributed by atoms with Gasteiger partial charge in [-0.25, -0.2) is 4.98 Å². The Morgan fingerprint density at radius 1 is 1.16 bits per heavy atom. The van der Waals surface area contributed by atoms with Crippen LogP contribution < -0.4 is 15.0 Å². The third kappa shape index (κ3) is 4.38. The molecular weight excluding hydrogens is 515 g/mol. The number of nitrogens with zero attached hydrogens (tertiary/aromatic N) is 3. The molecule has 2 aromatic rings. The maximum atomic E-state index is 12.9. The predicted molar refractivity (Wildman–Crippen MR) is 142 cm³/mol. The van der Waals surface area contributed by atoms with Crippen LogP contribution in [0.4, 0.5) is 11.5 Å². The standard InChI is InChI=1S/C27H30Cl2N4O4/c1-26(36)13-18(14-26)33-22(34)3-2-16-10-19(15-30-24(16)33)37-9-8-32-6-4-27(5-7-32)20-11-17(28)12-21(29)23(20)31-25(27)35/h10-12,15,18,36H,2-9,13-14H2,1H3,(H,31,35). The summed E-state index contributed by atoms with van der Waals surface area (Å²) < 4.78 is 6.03. The first kappa shape index (κ1) is 24.9. The van der Waals surface area contributed by atoms with Gasteiger partial charge in [0, 0.05) is 24.0 Å². The van der Waals surface area contributed by atoms with E-state index in [9.17, 15) is 14.7 Å². The molecule has 1 aromatic carbocycles.